The van der Waals surface area contributed by atoms with Gasteiger partial charge in [-0.3, -0.25) is 9.59 Å². The summed E-state index contributed by atoms with van der Waals surface area (Å²) in [5.74, 6) is -0.703. The molecule has 0 bridgehead atoms. The zero-order valence-corrected chi connectivity index (χ0v) is 14.8. The minimum atomic E-state index is -1.83. The molecular weight excluding hydrogens is 346 g/mol. The molecule has 1 atom stereocenters. The number of nitrogens with zero attached hydrogens (tertiary/aromatic N) is 1. The number of aliphatic hydroxyl groups is 1. The number of carbonyl (C=O) groups excluding carboxylic acids is 2. The minimum absolute atomic E-state index is 0.255. The molecule has 0 aliphatic carbocycles. The number of fused-ring (bicyclic) bond motifs is 1. The Morgan fingerprint density at radius 2 is 1.73 bits per heavy atom. The van der Waals surface area contributed by atoms with Gasteiger partial charge in [0.05, 0.1) is 18.7 Å². The first-order chi connectivity index (χ1) is 12.6. The maximum Gasteiger partial charge on any atom is 0.264 e. The molecule has 2 aromatic carbocycles. The van der Waals surface area contributed by atoms with Gasteiger partial charge >= 0.3 is 0 Å². The predicted octanol–water partition coefficient (Wildman–Crippen LogP) is 3.76. The van der Waals surface area contributed by atoms with Gasteiger partial charge in [0.2, 0.25) is 0 Å². The molecule has 2 heterocycles. The van der Waals surface area contributed by atoms with E-state index in [1.165, 1.54) is 0 Å². The largest absolute Gasteiger partial charge is 0.375 e. The first-order valence-electron chi connectivity index (χ1n) is 8.34. The van der Waals surface area contributed by atoms with Crippen LogP contribution in [0.4, 0.5) is 5.69 Å². The van der Waals surface area contributed by atoms with Gasteiger partial charge in [0.25, 0.3) is 5.91 Å². The van der Waals surface area contributed by atoms with Crippen molar-refractivity contribution in [3.8, 4) is 0 Å². The highest BCUT2D eigenvalue weighted by Gasteiger charge is 2.50. The number of hydrogen-bond acceptors (Lipinski definition) is 4. The van der Waals surface area contributed by atoms with E-state index in [2.05, 4.69) is 0 Å². The lowest BCUT2D eigenvalue weighted by Crippen LogP contribution is -2.41. The van der Waals surface area contributed by atoms with Gasteiger partial charge in [-0.1, -0.05) is 54.6 Å². The Morgan fingerprint density at radius 3 is 2.46 bits per heavy atom. The van der Waals surface area contributed by atoms with E-state index >= 15 is 0 Å². The highest BCUT2D eigenvalue weighted by Crippen LogP contribution is 2.43. The second kappa shape index (κ2) is 6.52. The molecule has 0 unspecified atom stereocenters. The SMILES string of the molecule is O=C(C[C@@]1(O)C(=O)N(Cc2cccs2)c2ccccc21)c1ccccc1. The van der Waals surface area contributed by atoms with Gasteiger partial charge < -0.3 is 10.0 Å². The van der Waals surface area contributed by atoms with Gasteiger partial charge in [0, 0.05) is 16.0 Å². The molecule has 1 N–H and O–H groups in total. The van der Waals surface area contributed by atoms with Crippen LogP contribution in [0.25, 0.3) is 0 Å². The van der Waals surface area contributed by atoms with Crippen LogP contribution in [0.15, 0.2) is 72.1 Å². The molecule has 1 aromatic heterocycles. The summed E-state index contributed by atoms with van der Waals surface area (Å²) < 4.78 is 0. The fourth-order valence-corrected chi connectivity index (χ4v) is 4.04. The van der Waals surface area contributed by atoms with Crippen molar-refractivity contribution in [2.24, 2.45) is 0 Å². The minimum Gasteiger partial charge on any atom is -0.375 e. The number of anilines is 1. The van der Waals surface area contributed by atoms with Crippen molar-refractivity contribution in [2.45, 2.75) is 18.6 Å². The van der Waals surface area contributed by atoms with Gasteiger partial charge in [-0.25, -0.2) is 0 Å². The highest BCUT2D eigenvalue weighted by atomic mass is 32.1. The molecule has 26 heavy (non-hydrogen) atoms. The Labute approximate surface area is 155 Å². The molecule has 3 aromatic rings. The molecule has 0 saturated heterocycles. The van der Waals surface area contributed by atoms with Crippen molar-refractivity contribution < 1.29 is 14.7 Å². The van der Waals surface area contributed by atoms with Gasteiger partial charge in [-0.05, 0) is 17.5 Å². The van der Waals surface area contributed by atoms with E-state index in [1.807, 2.05) is 35.7 Å². The van der Waals surface area contributed by atoms with Crippen LogP contribution in [0, 0.1) is 0 Å². The summed E-state index contributed by atoms with van der Waals surface area (Å²) in [6.07, 6.45) is -0.270. The van der Waals surface area contributed by atoms with E-state index in [0.717, 1.165) is 4.88 Å². The number of para-hydroxylation sites is 1. The summed E-state index contributed by atoms with van der Waals surface area (Å²) in [4.78, 5) is 28.4. The summed E-state index contributed by atoms with van der Waals surface area (Å²) in [7, 11) is 0. The lowest BCUT2D eigenvalue weighted by atomic mass is 9.88. The zero-order chi connectivity index (χ0) is 18.1. The van der Waals surface area contributed by atoms with Crippen molar-refractivity contribution in [3.63, 3.8) is 0 Å². The summed E-state index contributed by atoms with van der Waals surface area (Å²) in [5, 5.41) is 13.2. The normalized spacial score (nSPS) is 18.8. The van der Waals surface area contributed by atoms with Crippen LogP contribution in [-0.4, -0.2) is 16.8 Å². The van der Waals surface area contributed by atoms with Crippen LogP contribution in [0.2, 0.25) is 0 Å². The zero-order valence-electron chi connectivity index (χ0n) is 14.0. The van der Waals surface area contributed by atoms with E-state index in [9.17, 15) is 14.7 Å². The lowest BCUT2D eigenvalue weighted by Gasteiger charge is -2.22. The second-order valence-electron chi connectivity index (χ2n) is 6.31. The van der Waals surface area contributed by atoms with E-state index in [0.29, 0.717) is 23.4 Å². The fourth-order valence-electron chi connectivity index (χ4n) is 3.35. The molecule has 4 nitrogen and oxygen atoms in total. The molecule has 0 saturated carbocycles. The lowest BCUT2D eigenvalue weighted by molar-refractivity contribution is -0.136. The number of hydrogen-bond donors (Lipinski definition) is 1. The molecule has 0 radical (unpaired) electrons. The Bertz CT molecular complexity index is 952. The summed E-state index contributed by atoms with van der Waals surface area (Å²) in [5.41, 5.74) is -0.191. The van der Waals surface area contributed by atoms with Crippen LogP contribution < -0.4 is 4.90 Å². The summed E-state index contributed by atoms with van der Waals surface area (Å²) in [6.45, 7) is 0.384. The molecule has 1 aliphatic heterocycles. The molecule has 0 spiro atoms. The summed E-state index contributed by atoms with van der Waals surface area (Å²) in [6, 6.07) is 19.8. The van der Waals surface area contributed by atoms with Crippen molar-refractivity contribution in [3.05, 3.63) is 88.1 Å². The molecule has 1 amide bonds. The molecule has 0 fully saturated rings. The predicted molar refractivity (Wildman–Crippen MR) is 101 cm³/mol. The Balaban J connectivity index is 1.69. The maximum atomic E-state index is 13.1. The maximum absolute atomic E-state index is 13.1. The van der Waals surface area contributed by atoms with Crippen molar-refractivity contribution in [1.82, 2.24) is 0 Å². The topological polar surface area (TPSA) is 57.6 Å². The van der Waals surface area contributed by atoms with Crippen molar-refractivity contribution in [2.75, 3.05) is 4.90 Å². The number of ketones is 1. The first-order valence-corrected chi connectivity index (χ1v) is 9.22. The van der Waals surface area contributed by atoms with Gasteiger partial charge in [0.15, 0.2) is 11.4 Å². The molecule has 1 aliphatic rings. The van der Waals surface area contributed by atoms with Crippen LogP contribution in [0.5, 0.6) is 0 Å². The van der Waals surface area contributed by atoms with Gasteiger partial charge in [-0.15, -0.1) is 11.3 Å². The Kier molecular flexibility index (Phi) is 4.18. The average Bonchev–Trinajstić information content (AvgIpc) is 3.25. The average molecular weight is 363 g/mol. The number of carbonyl (C=O) groups is 2. The van der Waals surface area contributed by atoms with Crippen LogP contribution in [0.3, 0.4) is 0 Å². The number of Topliss-reactive ketones (excluding diaryl/α,β-unsaturated/α-hetero) is 1. The van der Waals surface area contributed by atoms with Crippen molar-refractivity contribution in [1.29, 1.82) is 0 Å². The quantitative estimate of drug-likeness (QED) is 0.702. The van der Waals surface area contributed by atoms with E-state index in [-0.39, 0.29) is 12.2 Å². The first kappa shape index (κ1) is 16.7. The van der Waals surface area contributed by atoms with Gasteiger partial charge in [-0.2, -0.15) is 0 Å². The van der Waals surface area contributed by atoms with E-state index < -0.39 is 11.5 Å². The summed E-state index contributed by atoms with van der Waals surface area (Å²) >= 11 is 1.55. The molecule has 130 valence electrons. The monoisotopic (exact) mass is 363 g/mol. The van der Waals surface area contributed by atoms with E-state index in [4.69, 9.17) is 0 Å². The number of amides is 1. The smallest absolute Gasteiger partial charge is 0.264 e. The number of rotatable bonds is 5. The van der Waals surface area contributed by atoms with Crippen LogP contribution in [-0.2, 0) is 16.9 Å². The fraction of sp³-hybridized carbons (Fsp3) is 0.143. The van der Waals surface area contributed by atoms with Crippen LogP contribution in [0.1, 0.15) is 27.2 Å². The third-order valence-corrected chi connectivity index (χ3v) is 5.51. The standard InChI is InChI=1S/C21H17NO3S/c23-19(15-7-2-1-3-8-15)13-21(25)17-10-4-5-11-18(17)22(20(21)24)14-16-9-6-12-26-16/h1-12,25H,13-14H2/t21-/m0/s1. The van der Waals surface area contributed by atoms with Crippen LogP contribution >= 0.6 is 11.3 Å². The van der Waals surface area contributed by atoms with Gasteiger partial charge in [0.1, 0.15) is 0 Å². The Hall–Kier alpha value is -2.76. The molecule has 5 heteroatoms. The third kappa shape index (κ3) is 2.75. The van der Waals surface area contributed by atoms with Crippen molar-refractivity contribution >= 4 is 28.7 Å². The molecule has 4 rings (SSSR count). The Morgan fingerprint density at radius 1 is 1.00 bits per heavy atom. The third-order valence-electron chi connectivity index (χ3n) is 4.65. The molecular formula is C21H17NO3S. The second-order valence-corrected chi connectivity index (χ2v) is 7.35. The van der Waals surface area contributed by atoms with E-state index in [1.54, 1.807) is 52.6 Å². The number of benzene rings is 2. The number of thiophene rings is 1. The highest BCUT2D eigenvalue weighted by molar-refractivity contribution is 7.09.